The number of carbonyl (C=O) groups is 2. The SMILES string of the molecule is CCCCC(CC)COC(=O)C=CC(=O)O.N. The van der Waals surface area contributed by atoms with Crippen LogP contribution < -0.4 is 6.15 Å². The van der Waals surface area contributed by atoms with Crippen LogP contribution in [0.2, 0.25) is 0 Å². The third-order valence-corrected chi connectivity index (χ3v) is 2.37. The Morgan fingerprint density at radius 2 is 1.94 bits per heavy atom. The summed E-state index contributed by atoms with van der Waals surface area (Å²) in [5.41, 5.74) is 0. The van der Waals surface area contributed by atoms with E-state index in [0.29, 0.717) is 12.5 Å². The van der Waals surface area contributed by atoms with E-state index in [1.54, 1.807) is 0 Å². The van der Waals surface area contributed by atoms with Crippen LogP contribution in [0.4, 0.5) is 0 Å². The van der Waals surface area contributed by atoms with Crippen LogP contribution in [0.15, 0.2) is 12.2 Å². The molecule has 100 valence electrons. The van der Waals surface area contributed by atoms with Crippen molar-refractivity contribution in [3.8, 4) is 0 Å². The second-order valence-corrected chi connectivity index (χ2v) is 3.72. The highest BCUT2D eigenvalue weighted by Crippen LogP contribution is 2.12. The molecular formula is C12H23NO4. The molecule has 0 amide bonds. The maximum absolute atomic E-state index is 11.1. The predicted molar refractivity (Wildman–Crippen MR) is 66.1 cm³/mol. The van der Waals surface area contributed by atoms with Gasteiger partial charge in [0.05, 0.1) is 6.61 Å². The van der Waals surface area contributed by atoms with Crippen LogP contribution in [0, 0.1) is 5.92 Å². The lowest BCUT2D eigenvalue weighted by Crippen LogP contribution is -2.12. The van der Waals surface area contributed by atoms with E-state index in [9.17, 15) is 9.59 Å². The van der Waals surface area contributed by atoms with E-state index in [1.807, 2.05) is 0 Å². The quantitative estimate of drug-likeness (QED) is 0.505. The Balaban J connectivity index is 0. The fourth-order valence-electron chi connectivity index (χ4n) is 1.29. The topological polar surface area (TPSA) is 98.6 Å². The molecule has 0 aliphatic rings. The molecule has 0 aromatic rings. The van der Waals surface area contributed by atoms with Gasteiger partial charge in [-0.2, -0.15) is 0 Å². The van der Waals surface area contributed by atoms with E-state index in [2.05, 4.69) is 13.8 Å². The number of ether oxygens (including phenoxy) is 1. The number of unbranched alkanes of at least 4 members (excludes halogenated alkanes) is 1. The monoisotopic (exact) mass is 245 g/mol. The second-order valence-electron chi connectivity index (χ2n) is 3.72. The lowest BCUT2D eigenvalue weighted by molar-refractivity contribution is -0.140. The van der Waals surface area contributed by atoms with Gasteiger partial charge in [0.15, 0.2) is 0 Å². The first-order valence-corrected chi connectivity index (χ1v) is 5.67. The zero-order valence-corrected chi connectivity index (χ0v) is 10.6. The predicted octanol–water partition coefficient (Wildman–Crippen LogP) is 2.55. The standard InChI is InChI=1S/C12H20O4.H3N/c1-3-5-6-10(4-2)9-16-12(15)8-7-11(13)14;/h7-8,10H,3-6,9H2,1-2H3,(H,13,14);1H3. The minimum atomic E-state index is -1.14. The Hall–Kier alpha value is -1.36. The van der Waals surface area contributed by atoms with Crippen molar-refractivity contribution in [3.63, 3.8) is 0 Å². The molecule has 1 unspecified atom stereocenters. The number of carboxylic acids is 1. The molecule has 0 rings (SSSR count). The third kappa shape index (κ3) is 10.9. The Labute approximate surface area is 102 Å². The average molecular weight is 245 g/mol. The van der Waals surface area contributed by atoms with Gasteiger partial charge in [0.2, 0.25) is 0 Å². The number of aliphatic carboxylic acids is 1. The average Bonchev–Trinajstić information content (AvgIpc) is 2.26. The van der Waals surface area contributed by atoms with E-state index < -0.39 is 11.9 Å². The number of rotatable bonds is 8. The van der Waals surface area contributed by atoms with E-state index in [-0.39, 0.29) is 6.15 Å². The van der Waals surface area contributed by atoms with Gasteiger partial charge in [0.25, 0.3) is 0 Å². The number of carbonyl (C=O) groups excluding carboxylic acids is 1. The van der Waals surface area contributed by atoms with Crippen molar-refractivity contribution in [2.75, 3.05) is 6.61 Å². The molecule has 0 saturated heterocycles. The fourth-order valence-corrected chi connectivity index (χ4v) is 1.29. The van der Waals surface area contributed by atoms with Crippen molar-refractivity contribution in [2.45, 2.75) is 39.5 Å². The molecule has 0 aromatic carbocycles. The van der Waals surface area contributed by atoms with Crippen LogP contribution in [0.3, 0.4) is 0 Å². The lowest BCUT2D eigenvalue weighted by atomic mass is 10.0. The number of carboxylic acid groups (broad SMARTS) is 1. The molecule has 0 aliphatic carbocycles. The molecule has 5 heteroatoms. The Bertz CT molecular complexity index is 251. The Morgan fingerprint density at radius 3 is 2.41 bits per heavy atom. The summed E-state index contributed by atoms with van der Waals surface area (Å²) >= 11 is 0. The second kappa shape index (κ2) is 11.1. The number of esters is 1. The van der Waals surface area contributed by atoms with Gasteiger partial charge >= 0.3 is 11.9 Å². The Kier molecular flexibility index (Phi) is 11.8. The van der Waals surface area contributed by atoms with Crippen LogP contribution >= 0.6 is 0 Å². The first-order chi connectivity index (χ1) is 7.60. The molecule has 0 bridgehead atoms. The maximum Gasteiger partial charge on any atom is 0.331 e. The van der Waals surface area contributed by atoms with Gasteiger partial charge in [-0.15, -0.1) is 0 Å². The zero-order valence-electron chi connectivity index (χ0n) is 10.6. The van der Waals surface area contributed by atoms with E-state index in [0.717, 1.165) is 37.8 Å². The van der Waals surface area contributed by atoms with Gasteiger partial charge in [0.1, 0.15) is 0 Å². The van der Waals surface area contributed by atoms with Crippen LogP contribution in [0.25, 0.3) is 0 Å². The normalized spacial score (nSPS) is 11.9. The lowest BCUT2D eigenvalue weighted by Gasteiger charge is -2.13. The molecule has 0 aromatic heterocycles. The van der Waals surface area contributed by atoms with Gasteiger partial charge in [-0.1, -0.05) is 33.1 Å². The highest BCUT2D eigenvalue weighted by atomic mass is 16.5. The summed E-state index contributed by atoms with van der Waals surface area (Å²) in [6.45, 7) is 4.55. The summed E-state index contributed by atoms with van der Waals surface area (Å²) < 4.78 is 4.95. The van der Waals surface area contributed by atoms with Crippen LogP contribution in [0.5, 0.6) is 0 Å². The van der Waals surface area contributed by atoms with Gasteiger partial charge < -0.3 is 16.0 Å². The van der Waals surface area contributed by atoms with E-state index in [1.165, 1.54) is 0 Å². The highest BCUT2D eigenvalue weighted by Gasteiger charge is 2.08. The van der Waals surface area contributed by atoms with Gasteiger partial charge in [-0.05, 0) is 12.3 Å². The minimum absolute atomic E-state index is 0. The molecular weight excluding hydrogens is 222 g/mol. The molecule has 0 radical (unpaired) electrons. The van der Waals surface area contributed by atoms with Crippen LogP contribution in [0.1, 0.15) is 39.5 Å². The fraction of sp³-hybridized carbons (Fsp3) is 0.667. The van der Waals surface area contributed by atoms with Gasteiger partial charge in [-0.25, -0.2) is 9.59 Å². The Morgan fingerprint density at radius 1 is 1.29 bits per heavy atom. The van der Waals surface area contributed by atoms with Crippen molar-refractivity contribution >= 4 is 11.9 Å². The first-order valence-electron chi connectivity index (χ1n) is 5.67. The zero-order chi connectivity index (χ0) is 12.4. The first kappa shape index (κ1) is 18.0. The smallest absolute Gasteiger partial charge is 0.331 e. The van der Waals surface area contributed by atoms with Crippen LogP contribution in [-0.4, -0.2) is 23.7 Å². The molecule has 0 fully saturated rings. The third-order valence-electron chi connectivity index (χ3n) is 2.37. The van der Waals surface area contributed by atoms with Crippen LogP contribution in [-0.2, 0) is 14.3 Å². The summed E-state index contributed by atoms with van der Waals surface area (Å²) in [5.74, 6) is -1.35. The molecule has 0 aliphatic heterocycles. The number of hydrogen-bond donors (Lipinski definition) is 2. The molecule has 1 atom stereocenters. The van der Waals surface area contributed by atoms with Crippen molar-refractivity contribution in [2.24, 2.45) is 5.92 Å². The van der Waals surface area contributed by atoms with Gasteiger partial charge in [-0.3, -0.25) is 0 Å². The molecule has 5 nitrogen and oxygen atoms in total. The highest BCUT2D eigenvalue weighted by molar-refractivity contribution is 5.90. The summed E-state index contributed by atoms with van der Waals surface area (Å²) in [6, 6.07) is 0. The van der Waals surface area contributed by atoms with Gasteiger partial charge in [0, 0.05) is 12.2 Å². The van der Waals surface area contributed by atoms with E-state index in [4.69, 9.17) is 9.84 Å². The summed E-state index contributed by atoms with van der Waals surface area (Å²) in [5, 5.41) is 8.31. The van der Waals surface area contributed by atoms with Crippen molar-refractivity contribution in [1.29, 1.82) is 0 Å². The number of hydrogen-bond acceptors (Lipinski definition) is 4. The molecule has 4 N–H and O–H groups in total. The minimum Gasteiger partial charge on any atom is -0.478 e. The van der Waals surface area contributed by atoms with Crippen molar-refractivity contribution < 1.29 is 19.4 Å². The summed E-state index contributed by atoms with van der Waals surface area (Å²) in [6.07, 6.45) is 5.99. The largest absolute Gasteiger partial charge is 0.478 e. The molecule has 0 heterocycles. The summed E-state index contributed by atoms with van der Waals surface area (Å²) in [7, 11) is 0. The molecule has 0 spiro atoms. The maximum atomic E-state index is 11.1. The van der Waals surface area contributed by atoms with E-state index >= 15 is 0 Å². The molecule has 0 saturated carbocycles. The van der Waals surface area contributed by atoms with Crippen molar-refractivity contribution in [1.82, 2.24) is 6.15 Å². The van der Waals surface area contributed by atoms with Crippen molar-refractivity contribution in [3.05, 3.63) is 12.2 Å². The molecule has 17 heavy (non-hydrogen) atoms. The summed E-state index contributed by atoms with van der Waals surface area (Å²) in [4.78, 5) is 21.2.